The molecule has 2 heterocycles. The molecule has 3 rings (SSSR count). The standard InChI is InChI=1S/C22H29N5OS.HI/c1-17-13-25-21(29-17)10-11-24-22(23-2)26-14-18-7-4-5-8-19(18)15-27(3)16-20-9-6-12-28-20;/h4-9,12-13H,10-11,14-16H2,1-3H3,(H2,23,24,26);1H. The van der Waals surface area contributed by atoms with Crippen molar-refractivity contribution in [3.63, 3.8) is 0 Å². The maximum atomic E-state index is 5.45. The minimum Gasteiger partial charge on any atom is -0.468 e. The van der Waals surface area contributed by atoms with E-state index in [-0.39, 0.29) is 24.0 Å². The monoisotopic (exact) mass is 539 g/mol. The number of rotatable bonds is 9. The quantitative estimate of drug-likeness (QED) is 0.243. The van der Waals surface area contributed by atoms with Gasteiger partial charge in [0.25, 0.3) is 0 Å². The number of aryl methyl sites for hydroxylation is 1. The fourth-order valence-corrected chi connectivity index (χ4v) is 3.89. The Balaban J connectivity index is 0.00000320. The lowest BCUT2D eigenvalue weighted by atomic mass is 10.1. The summed E-state index contributed by atoms with van der Waals surface area (Å²) in [5.41, 5.74) is 2.56. The molecular weight excluding hydrogens is 509 g/mol. The summed E-state index contributed by atoms with van der Waals surface area (Å²) in [6, 6.07) is 12.4. The largest absolute Gasteiger partial charge is 0.468 e. The zero-order valence-corrected chi connectivity index (χ0v) is 20.9. The van der Waals surface area contributed by atoms with E-state index in [1.54, 1.807) is 24.6 Å². The summed E-state index contributed by atoms with van der Waals surface area (Å²) in [6.45, 7) is 5.25. The van der Waals surface area contributed by atoms with Gasteiger partial charge in [-0.25, -0.2) is 4.98 Å². The molecule has 1 aromatic carbocycles. The molecule has 0 unspecified atom stereocenters. The van der Waals surface area contributed by atoms with Crippen molar-refractivity contribution >= 4 is 41.3 Å². The predicted molar refractivity (Wildman–Crippen MR) is 134 cm³/mol. The van der Waals surface area contributed by atoms with Crippen LogP contribution in [0.1, 0.15) is 26.8 Å². The fourth-order valence-electron chi connectivity index (χ4n) is 3.10. The van der Waals surface area contributed by atoms with E-state index < -0.39 is 0 Å². The van der Waals surface area contributed by atoms with Gasteiger partial charge in [0.05, 0.1) is 17.8 Å². The Kier molecular flexibility index (Phi) is 10.3. The van der Waals surface area contributed by atoms with Crippen LogP contribution in [0.2, 0.25) is 0 Å². The zero-order chi connectivity index (χ0) is 20.5. The summed E-state index contributed by atoms with van der Waals surface area (Å²) in [4.78, 5) is 12.2. The average molecular weight is 539 g/mol. The van der Waals surface area contributed by atoms with E-state index in [1.807, 2.05) is 18.3 Å². The fraction of sp³-hybridized carbons (Fsp3) is 0.364. The molecule has 0 amide bonds. The number of hydrogen-bond acceptors (Lipinski definition) is 5. The van der Waals surface area contributed by atoms with Crippen LogP contribution in [-0.2, 0) is 26.1 Å². The van der Waals surface area contributed by atoms with E-state index in [0.717, 1.165) is 49.3 Å². The van der Waals surface area contributed by atoms with Gasteiger partial charge in [-0.05, 0) is 37.2 Å². The number of aliphatic imine (C=N–C) groups is 1. The molecule has 0 spiro atoms. The first-order valence-electron chi connectivity index (χ1n) is 9.77. The second kappa shape index (κ2) is 12.7. The van der Waals surface area contributed by atoms with Gasteiger partial charge in [-0.3, -0.25) is 9.89 Å². The van der Waals surface area contributed by atoms with Crippen LogP contribution >= 0.6 is 35.3 Å². The van der Waals surface area contributed by atoms with E-state index in [1.165, 1.54) is 16.0 Å². The molecule has 3 aromatic rings. The number of thiazole rings is 1. The molecule has 30 heavy (non-hydrogen) atoms. The van der Waals surface area contributed by atoms with E-state index in [9.17, 15) is 0 Å². The molecule has 162 valence electrons. The lowest BCUT2D eigenvalue weighted by Crippen LogP contribution is -2.38. The van der Waals surface area contributed by atoms with Gasteiger partial charge in [-0.1, -0.05) is 24.3 Å². The van der Waals surface area contributed by atoms with Gasteiger partial charge in [0.15, 0.2) is 5.96 Å². The van der Waals surface area contributed by atoms with Crippen molar-refractivity contribution < 1.29 is 4.42 Å². The predicted octanol–water partition coefficient (Wildman–Crippen LogP) is 4.20. The van der Waals surface area contributed by atoms with Crippen molar-refractivity contribution in [2.75, 3.05) is 20.6 Å². The Morgan fingerprint density at radius 3 is 2.60 bits per heavy atom. The number of furan rings is 1. The molecule has 0 saturated carbocycles. The van der Waals surface area contributed by atoms with Crippen molar-refractivity contribution in [1.29, 1.82) is 0 Å². The number of nitrogens with one attached hydrogen (secondary N) is 2. The van der Waals surface area contributed by atoms with Crippen molar-refractivity contribution in [1.82, 2.24) is 20.5 Å². The summed E-state index contributed by atoms with van der Waals surface area (Å²) in [5.74, 6) is 1.78. The van der Waals surface area contributed by atoms with Gasteiger partial charge in [0.2, 0.25) is 0 Å². The summed E-state index contributed by atoms with van der Waals surface area (Å²) < 4.78 is 5.45. The summed E-state index contributed by atoms with van der Waals surface area (Å²) in [5, 5.41) is 7.94. The molecule has 0 aliphatic heterocycles. The first-order valence-corrected chi connectivity index (χ1v) is 10.6. The second-order valence-corrected chi connectivity index (χ2v) is 8.31. The minimum absolute atomic E-state index is 0. The van der Waals surface area contributed by atoms with Crippen molar-refractivity contribution in [2.45, 2.75) is 33.0 Å². The highest BCUT2D eigenvalue weighted by Crippen LogP contribution is 2.14. The van der Waals surface area contributed by atoms with Crippen LogP contribution in [0.25, 0.3) is 0 Å². The second-order valence-electron chi connectivity index (χ2n) is 6.99. The third-order valence-corrected chi connectivity index (χ3v) is 5.51. The average Bonchev–Trinajstić information content (AvgIpc) is 3.37. The number of hydrogen-bond donors (Lipinski definition) is 2. The molecule has 0 bridgehead atoms. The molecule has 2 N–H and O–H groups in total. The molecule has 0 aliphatic rings. The van der Waals surface area contributed by atoms with Crippen LogP contribution < -0.4 is 10.6 Å². The summed E-state index contributed by atoms with van der Waals surface area (Å²) in [7, 11) is 3.90. The summed E-state index contributed by atoms with van der Waals surface area (Å²) in [6.07, 6.45) is 4.54. The molecule has 2 aromatic heterocycles. The van der Waals surface area contributed by atoms with Gasteiger partial charge in [0.1, 0.15) is 5.76 Å². The SMILES string of the molecule is CN=C(NCCc1ncc(C)s1)NCc1ccccc1CN(C)Cc1ccco1.I. The lowest BCUT2D eigenvalue weighted by molar-refractivity contribution is 0.287. The van der Waals surface area contributed by atoms with Crippen LogP contribution in [0.5, 0.6) is 0 Å². The van der Waals surface area contributed by atoms with Crippen molar-refractivity contribution in [3.8, 4) is 0 Å². The van der Waals surface area contributed by atoms with E-state index in [2.05, 4.69) is 63.7 Å². The maximum Gasteiger partial charge on any atom is 0.191 e. The lowest BCUT2D eigenvalue weighted by Gasteiger charge is -2.19. The topological polar surface area (TPSA) is 65.7 Å². The number of halogens is 1. The van der Waals surface area contributed by atoms with Crippen LogP contribution in [0.15, 0.2) is 58.3 Å². The molecular formula is C22H30IN5OS. The number of aromatic nitrogens is 1. The molecule has 0 atom stereocenters. The van der Waals surface area contributed by atoms with Crippen LogP contribution in [-0.4, -0.2) is 36.5 Å². The highest BCUT2D eigenvalue weighted by atomic mass is 127. The normalized spacial score (nSPS) is 11.4. The highest BCUT2D eigenvalue weighted by Gasteiger charge is 2.08. The molecule has 0 radical (unpaired) electrons. The molecule has 0 saturated heterocycles. The zero-order valence-electron chi connectivity index (χ0n) is 17.7. The van der Waals surface area contributed by atoms with E-state index in [0.29, 0.717) is 0 Å². The van der Waals surface area contributed by atoms with Crippen molar-refractivity contribution in [3.05, 3.63) is 75.6 Å². The van der Waals surface area contributed by atoms with Gasteiger partial charge in [-0.15, -0.1) is 35.3 Å². The Morgan fingerprint density at radius 1 is 1.13 bits per heavy atom. The minimum atomic E-state index is 0. The highest BCUT2D eigenvalue weighted by molar-refractivity contribution is 14.0. The van der Waals surface area contributed by atoms with E-state index >= 15 is 0 Å². The third-order valence-electron chi connectivity index (χ3n) is 4.53. The van der Waals surface area contributed by atoms with E-state index in [4.69, 9.17) is 4.42 Å². The first kappa shape index (κ1) is 24.4. The Morgan fingerprint density at radius 2 is 1.93 bits per heavy atom. The molecule has 8 heteroatoms. The van der Waals surface area contributed by atoms with Crippen LogP contribution in [0, 0.1) is 6.92 Å². The Bertz CT molecular complexity index is 910. The summed E-state index contributed by atoms with van der Waals surface area (Å²) >= 11 is 1.74. The van der Waals surface area contributed by atoms with Gasteiger partial charge in [0, 0.05) is 44.2 Å². The Labute approximate surface area is 199 Å². The smallest absolute Gasteiger partial charge is 0.191 e. The number of nitrogens with zero attached hydrogens (tertiary/aromatic N) is 3. The molecule has 0 fully saturated rings. The van der Waals surface area contributed by atoms with Crippen molar-refractivity contribution in [2.24, 2.45) is 4.99 Å². The van der Waals surface area contributed by atoms with Crippen LogP contribution in [0.3, 0.4) is 0 Å². The number of benzene rings is 1. The number of guanidine groups is 1. The Hall–Kier alpha value is -1.91. The van der Waals surface area contributed by atoms with Gasteiger partial charge >= 0.3 is 0 Å². The molecule has 6 nitrogen and oxygen atoms in total. The third kappa shape index (κ3) is 7.73. The molecule has 0 aliphatic carbocycles. The first-order chi connectivity index (χ1) is 14.1. The van der Waals surface area contributed by atoms with Crippen LogP contribution in [0.4, 0.5) is 0 Å². The van der Waals surface area contributed by atoms with Gasteiger partial charge < -0.3 is 15.1 Å². The van der Waals surface area contributed by atoms with Gasteiger partial charge in [-0.2, -0.15) is 0 Å². The maximum absolute atomic E-state index is 5.45.